The largest absolute Gasteiger partial charge is 0.497 e. The van der Waals surface area contributed by atoms with Crippen molar-refractivity contribution in [2.24, 2.45) is 4.99 Å². The summed E-state index contributed by atoms with van der Waals surface area (Å²) in [7, 11) is 1.62. The van der Waals surface area contributed by atoms with Crippen LogP contribution in [-0.2, 0) is 0 Å². The number of benzene rings is 2. The van der Waals surface area contributed by atoms with Crippen molar-refractivity contribution in [3.63, 3.8) is 0 Å². The fourth-order valence-corrected chi connectivity index (χ4v) is 2.81. The lowest BCUT2D eigenvalue weighted by atomic mass is 10.00. The number of ether oxygens (including phenoxy) is 1. The first-order chi connectivity index (χ1) is 13.0. The molecule has 0 aliphatic carbocycles. The standard InChI is InChI=1S/C22H31N3O2.HI/c1-5-23-22(24-14-17(3)18-9-6-8-16(2)12-18)25-15-21(26)19-10-7-11-20(13-19)27-4;/h6-13,17,21,26H,5,14-15H2,1-4H3,(H2,23,24,25);1H. The molecule has 2 aromatic carbocycles. The maximum atomic E-state index is 10.4. The van der Waals surface area contributed by atoms with Crippen LogP contribution in [0, 0.1) is 6.92 Å². The topological polar surface area (TPSA) is 65.9 Å². The Bertz CT molecular complexity index is 752. The number of methoxy groups -OCH3 is 1. The maximum absolute atomic E-state index is 10.4. The zero-order chi connectivity index (χ0) is 19.6. The minimum absolute atomic E-state index is 0. The maximum Gasteiger partial charge on any atom is 0.191 e. The number of aliphatic hydroxyl groups excluding tert-OH is 1. The summed E-state index contributed by atoms with van der Waals surface area (Å²) in [6.07, 6.45) is -0.641. The first-order valence-corrected chi connectivity index (χ1v) is 9.44. The molecule has 0 aromatic heterocycles. The molecule has 2 atom stereocenters. The number of hydrogen-bond donors (Lipinski definition) is 3. The molecule has 3 N–H and O–H groups in total. The number of aliphatic hydroxyl groups is 1. The Balaban J connectivity index is 0.00000392. The molecule has 5 nitrogen and oxygen atoms in total. The van der Waals surface area contributed by atoms with Gasteiger partial charge in [-0.1, -0.05) is 48.9 Å². The van der Waals surface area contributed by atoms with Gasteiger partial charge in [-0.05, 0) is 37.1 Å². The quantitative estimate of drug-likeness (QED) is 0.293. The second-order valence-electron chi connectivity index (χ2n) is 6.71. The molecule has 2 aromatic rings. The van der Waals surface area contributed by atoms with Gasteiger partial charge < -0.3 is 20.5 Å². The Morgan fingerprint density at radius 1 is 1.11 bits per heavy atom. The smallest absolute Gasteiger partial charge is 0.191 e. The van der Waals surface area contributed by atoms with Gasteiger partial charge in [0, 0.05) is 25.6 Å². The monoisotopic (exact) mass is 497 g/mol. The number of aliphatic imine (C=N–C) groups is 1. The Kier molecular flexibility index (Phi) is 10.9. The van der Waals surface area contributed by atoms with E-state index in [-0.39, 0.29) is 24.0 Å². The van der Waals surface area contributed by atoms with Crippen LogP contribution in [0.1, 0.15) is 42.6 Å². The Labute approximate surface area is 185 Å². The average Bonchev–Trinajstić information content (AvgIpc) is 2.69. The van der Waals surface area contributed by atoms with Crippen LogP contribution < -0.4 is 15.4 Å². The summed E-state index contributed by atoms with van der Waals surface area (Å²) in [5, 5.41) is 16.9. The zero-order valence-electron chi connectivity index (χ0n) is 17.1. The van der Waals surface area contributed by atoms with E-state index in [0.29, 0.717) is 25.0 Å². The number of nitrogens with one attached hydrogen (secondary N) is 2. The third kappa shape index (κ3) is 7.67. The Morgan fingerprint density at radius 2 is 1.82 bits per heavy atom. The minimum atomic E-state index is -0.641. The summed E-state index contributed by atoms with van der Waals surface area (Å²) in [4.78, 5) is 4.68. The van der Waals surface area contributed by atoms with Crippen molar-refractivity contribution < 1.29 is 9.84 Å². The highest BCUT2D eigenvalue weighted by Gasteiger charge is 2.10. The van der Waals surface area contributed by atoms with Crippen LogP contribution in [0.4, 0.5) is 0 Å². The highest BCUT2D eigenvalue weighted by molar-refractivity contribution is 14.0. The predicted octanol–water partition coefficient (Wildman–Crippen LogP) is 4.01. The van der Waals surface area contributed by atoms with Crippen molar-refractivity contribution in [2.45, 2.75) is 32.8 Å². The van der Waals surface area contributed by atoms with E-state index in [9.17, 15) is 5.11 Å². The number of halogens is 1. The molecular formula is C22H32IN3O2. The van der Waals surface area contributed by atoms with E-state index in [0.717, 1.165) is 17.9 Å². The van der Waals surface area contributed by atoms with Gasteiger partial charge in [0.05, 0.1) is 13.2 Å². The average molecular weight is 497 g/mol. The van der Waals surface area contributed by atoms with E-state index < -0.39 is 6.10 Å². The zero-order valence-corrected chi connectivity index (χ0v) is 19.4. The first kappa shape index (κ1) is 24.2. The highest BCUT2D eigenvalue weighted by Crippen LogP contribution is 2.19. The van der Waals surface area contributed by atoms with Gasteiger partial charge in [0.2, 0.25) is 0 Å². The molecule has 6 heteroatoms. The summed E-state index contributed by atoms with van der Waals surface area (Å²) in [5.74, 6) is 1.77. The van der Waals surface area contributed by atoms with Gasteiger partial charge in [-0.15, -0.1) is 24.0 Å². The third-order valence-electron chi connectivity index (χ3n) is 4.42. The summed E-state index contributed by atoms with van der Waals surface area (Å²) >= 11 is 0. The van der Waals surface area contributed by atoms with Crippen molar-refractivity contribution in [3.05, 3.63) is 65.2 Å². The van der Waals surface area contributed by atoms with E-state index in [1.807, 2.05) is 31.2 Å². The summed E-state index contributed by atoms with van der Waals surface area (Å²) in [5.41, 5.74) is 3.35. The molecule has 0 radical (unpaired) electrons. The van der Waals surface area contributed by atoms with Crippen LogP contribution in [0.15, 0.2) is 53.5 Å². The van der Waals surface area contributed by atoms with Crippen LogP contribution in [-0.4, -0.2) is 37.8 Å². The van der Waals surface area contributed by atoms with E-state index in [1.165, 1.54) is 11.1 Å². The van der Waals surface area contributed by atoms with Crippen LogP contribution in [0.5, 0.6) is 5.75 Å². The molecule has 2 rings (SSSR count). The van der Waals surface area contributed by atoms with E-state index in [4.69, 9.17) is 4.74 Å². The van der Waals surface area contributed by atoms with Crippen molar-refractivity contribution in [3.8, 4) is 5.75 Å². The van der Waals surface area contributed by atoms with Crippen LogP contribution in [0.2, 0.25) is 0 Å². The molecule has 0 fully saturated rings. The molecule has 0 amide bonds. The molecule has 0 bridgehead atoms. The van der Waals surface area contributed by atoms with Crippen molar-refractivity contribution in [1.29, 1.82) is 0 Å². The molecule has 2 unspecified atom stereocenters. The molecule has 154 valence electrons. The number of hydrogen-bond acceptors (Lipinski definition) is 3. The molecule has 0 saturated carbocycles. The summed E-state index contributed by atoms with van der Waals surface area (Å²) in [6, 6.07) is 16.0. The van der Waals surface area contributed by atoms with Crippen LogP contribution in [0.3, 0.4) is 0 Å². The second kappa shape index (κ2) is 12.6. The highest BCUT2D eigenvalue weighted by atomic mass is 127. The van der Waals surface area contributed by atoms with Crippen molar-refractivity contribution >= 4 is 29.9 Å². The first-order valence-electron chi connectivity index (χ1n) is 9.44. The molecule has 0 heterocycles. The SMILES string of the molecule is CCNC(=NCC(C)c1cccc(C)c1)NCC(O)c1cccc(OC)c1.I. The Morgan fingerprint density at radius 3 is 2.50 bits per heavy atom. The summed E-state index contributed by atoms with van der Waals surface area (Å²) < 4.78 is 5.22. The fourth-order valence-electron chi connectivity index (χ4n) is 2.81. The lowest BCUT2D eigenvalue weighted by molar-refractivity contribution is 0.180. The number of aryl methyl sites for hydroxylation is 1. The van der Waals surface area contributed by atoms with E-state index >= 15 is 0 Å². The van der Waals surface area contributed by atoms with Gasteiger partial charge in [0.15, 0.2) is 5.96 Å². The van der Waals surface area contributed by atoms with Gasteiger partial charge in [0.1, 0.15) is 5.75 Å². The molecule has 0 saturated heterocycles. The van der Waals surface area contributed by atoms with Gasteiger partial charge >= 0.3 is 0 Å². The second-order valence-corrected chi connectivity index (χ2v) is 6.71. The van der Waals surface area contributed by atoms with Crippen LogP contribution >= 0.6 is 24.0 Å². The van der Waals surface area contributed by atoms with Gasteiger partial charge in [-0.25, -0.2) is 0 Å². The van der Waals surface area contributed by atoms with Crippen molar-refractivity contribution in [2.75, 3.05) is 26.7 Å². The molecule has 28 heavy (non-hydrogen) atoms. The number of rotatable bonds is 8. The van der Waals surface area contributed by atoms with E-state index in [1.54, 1.807) is 7.11 Å². The van der Waals surface area contributed by atoms with Gasteiger partial charge in [-0.2, -0.15) is 0 Å². The third-order valence-corrected chi connectivity index (χ3v) is 4.42. The Hall–Kier alpha value is -1.80. The summed E-state index contributed by atoms with van der Waals surface area (Å²) in [6.45, 7) is 8.11. The molecular weight excluding hydrogens is 465 g/mol. The molecule has 0 aliphatic rings. The van der Waals surface area contributed by atoms with Gasteiger partial charge in [-0.3, -0.25) is 4.99 Å². The van der Waals surface area contributed by atoms with Crippen molar-refractivity contribution in [1.82, 2.24) is 10.6 Å². The van der Waals surface area contributed by atoms with Crippen LogP contribution in [0.25, 0.3) is 0 Å². The lowest BCUT2D eigenvalue weighted by Gasteiger charge is -2.17. The van der Waals surface area contributed by atoms with E-state index in [2.05, 4.69) is 53.7 Å². The minimum Gasteiger partial charge on any atom is -0.497 e. The number of nitrogens with zero attached hydrogens (tertiary/aromatic N) is 1. The van der Waals surface area contributed by atoms with Gasteiger partial charge in [0.25, 0.3) is 0 Å². The fraction of sp³-hybridized carbons (Fsp3) is 0.409. The molecule has 0 aliphatic heterocycles. The number of guanidine groups is 1. The predicted molar refractivity (Wildman–Crippen MR) is 127 cm³/mol. The lowest BCUT2D eigenvalue weighted by Crippen LogP contribution is -2.39. The normalized spacial score (nSPS) is 13.2. The molecule has 0 spiro atoms.